The van der Waals surface area contributed by atoms with Crippen LogP contribution in [0, 0.1) is 5.92 Å². The lowest BCUT2D eigenvalue weighted by molar-refractivity contribution is -0.931. The number of rotatable bonds is 4. The van der Waals surface area contributed by atoms with Gasteiger partial charge in [-0.05, 0) is 47.7 Å². The van der Waals surface area contributed by atoms with E-state index in [0.717, 1.165) is 15.6 Å². The summed E-state index contributed by atoms with van der Waals surface area (Å²) in [4.78, 5) is 0. The smallest absolute Gasteiger partial charge is 0.115 e. The average Bonchev–Trinajstić information content (AvgIpc) is 2.79. The van der Waals surface area contributed by atoms with Crippen LogP contribution in [0.1, 0.15) is 43.2 Å². The topological polar surface area (TPSA) is 20.2 Å². The average molecular weight is 405 g/mol. The second-order valence-electron chi connectivity index (χ2n) is 8.94. The molecule has 0 amide bonds. The molecule has 4 heteroatoms. The second kappa shape index (κ2) is 7.08. The number of aliphatic hydroxyl groups is 1. The van der Waals surface area contributed by atoms with E-state index in [1.807, 2.05) is 48.5 Å². The molecule has 0 unspecified atom stereocenters. The first-order valence-electron chi connectivity index (χ1n) is 9.87. The summed E-state index contributed by atoms with van der Waals surface area (Å²) in [5.41, 5.74) is 0.627. The summed E-state index contributed by atoms with van der Waals surface area (Å²) < 4.78 is 1.14. The van der Waals surface area contributed by atoms with E-state index < -0.39 is 5.60 Å². The molecule has 0 radical (unpaired) electrons. The van der Waals surface area contributed by atoms with Gasteiger partial charge in [0.15, 0.2) is 0 Å². The van der Waals surface area contributed by atoms with E-state index in [4.69, 9.17) is 23.2 Å². The van der Waals surface area contributed by atoms with Crippen molar-refractivity contribution >= 4 is 23.2 Å². The Morgan fingerprint density at radius 1 is 0.926 bits per heavy atom. The van der Waals surface area contributed by atoms with E-state index in [9.17, 15) is 5.11 Å². The lowest BCUT2D eigenvalue weighted by Crippen LogP contribution is -2.55. The van der Waals surface area contributed by atoms with Gasteiger partial charge in [0.05, 0.1) is 26.2 Å². The fraction of sp³-hybridized carbons (Fsp3) is 0.478. The van der Waals surface area contributed by atoms with Crippen molar-refractivity contribution in [2.24, 2.45) is 5.92 Å². The Bertz CT molecular complexity index is 773. The molecule has 1 N–H and O–H groups in total. The maximum atomic E-state index is 12.0. The van der Waals surface area contributed by atoms with E-state index in [2.05, 4.69) is 14.1 Å². The number of quaternary nitrogens is 1. The molecule has 27 heavy (non-hydrogen) atoms. The largest absolute Gasteiger partial charge is 0.380 e. The molecule has 2 heterocycles. The quantitative estimate of drug-likeness (QED) is 0.653. The Balaban J connectivity index is 1.69. The predicted octanol–water partition coefficient (Wildman–Crippen LogP) is 5.64. The number of benzene rings is 2. The molecule has 2 fully saturated rings. The van der Waals surface area contributed by atoms with Gasteiger partial charge in [0, 0.05) is 35.7 Å². The summed E-state index contributed by atoms with van der Waals surface area (Å²) in [6.07, 6.45) is 5.67. The van der Waals surface area contributed by atoms with E-state index in [1.165, 1.54) is 25.7 Å². The molecule has 2 saturated heterocycles. The van der Waals surface area contributed by atoms with Gasteiger partial charge >= 0.3 is 0 Å². The second-order valence-corrected chi connectivity index (χ2v) is 9.81. The first kappa shape index (κ1) is 19.3. The van der Waals surface area contributed by atoms with Crippen molar-refractivity contribution in [1.82, 2.24) is 0 Å². The van der Waals surface area contributed by atoms with Gasteiger partial charge in [-0.1, -0.05) is 47.5 Å². The van der Waals surface area contributed by atoms with Gasteiger partial charge in [-0.3, -0.25) is 0 Å². The van der Waals surface area contributed by atoms with Crippen LogP contribution in [0.4, 0.5) is 0 Å². The molecule has 2 atom stereocenters. The Kier molecular flexibility index (Phi) is 5.05. The van der Waals surface area contributed by atoms with Gasteiger partial charge in [0.1, 0.15) is 5.60 Å². The third-order valence-corrected chi connectivity index (χ3v) is 7.58. The maximum Gasteiger partial charge on any atom is 0.115 e. The van der Waals surface area contributed by atoms with E-state index in [0.29, 0.717) is 34.5 Å². The van der Waals surface area contributed by atoms with Crippen LogP contribution in [-0.4, -0.2) is 35.8 Å². The number of hydrogen-bond acceptors (Lipinski definition) is 1. The Labute approximate surface area is 172 Å². The van der Waals surface area contributed by atoms with Gasteiger partial charge in [-0.15, -0.1) is 0 Å². The number of fused-ring (bicyclic) bond motifs is 2. The minimum Gasteiger partial charge on any atom is -0.380 e. The zero-order chi connectivity index (χ0) is 19.2. The third kappa shape index (κ3) is 3.53. The molecule has 2 aliphatic heterocycles. The SMILES string of the molecule is C[N+]1(C)[C@@H]2CC[C@@H]1CC(CC(O)(c1cccc(Cl)c1)c1cccc(Cl)c1)C2. The molecule has 0 saturated carbocycles. The molecule has 2 bridgehead atoms. The molecule has 0 aromatic heterocycles. The summed E-state index contributed by atoms with van der Waals surface area (Å²) in [5.74, 6) is 0.497. The summed E-state index contributed by atoms with van der Waals surface area (Å²) in [6, 6.07) is 16.7. The minimum atomic E-state index is -1.08. The molecular formula is C23H28Cl2NO+. The van der Waals surface area contributed by atoms with Crippen LogP contribution in [0.2, 0.25) is 10.0 Å². The number of nitrogens with zero attached hydrogens (tertiary/aromatic N) is 1. The minimum absolute atomic E-state index is 0.497. The number of halogens is 2. The zero-order valence-electron chi connectivity index (χ0n) is 16.0. The Morgan fingerprint density at radius 3 is 1.85 bits per heavy atom. The van der Waals surface area contributed by atoms with Gasteiger partial charge in [-0.25, -0.2) is 0 Å². The van der Waals surface area contributed by atoms with E-state index in [-0.39, 0.29) is 0 Å². The number of piperidine rings is 1. The molecule has 4 rings (SSSR count). The van der Waals surface area contributed by atoms with Crippen LogP contribution in [0.15, 0.2) is 48.5 Å². The van der Waals surface area contributed by atoms with Gasteiger partial charge in [-0.2, -0.15) is 0 Å². The highest BCUT2D eigenvalue weighted by atomic mass is 35.5. The van der Waals surface area contributed by atoms with Crippen molar-refractivity contribution in [3.63, 3.8) is 0 Å². The molecule has 144 valence electrons. The highest BCUT2D eigenvalue weighted by Gasteiger charge is 2.50. The standard InChI is InChI=1S/C23H28Cl2NO/c1-26(2)21-9-10-22(26)12-16(11-21)15-23(27,17-5-3-7-19(24)13-17)18-6-4-8-20(25)14-18/h3-8,13-14,16,21-22,27H,9-12,15H2,1-2H3/q+1/t21-,22-/m1/s1. The maximum absolute atomic E-state index is 12.0. The lowest BCUT2D eigenvalue weighted by Gasteiger charge is -2.46. The normalized spacial score (nSPS) is 26.9. The fourth-order valence-electron chi connectivity index (χ4n) is 5.47. The lowest BCUT2D eigenvalue weighted by atomic mass is 9.75. The van der Waals surface area contributed by atoms with Crippen LogP contribution in [0.25, 0.3) is 0 Å². The molecular weight excluding hydrogens is 377 g/mol. The van der Waals surface area contributed by atoms with E-state index in [1.54, 1.807) is 0 Å². The summed E-state index contributed by atoms with van der Waals surface area (Å²) in [7, 11) is 4.75. The highest BCUT2D eigenvalue weighted by Crippen LogP contribution is 2.47. The first-order chi connectivity index (χ1) is 12.8. The zero-order valence-corrected chi connectivity index (χ0v) is 17.5. The number of hydrogen-bond donors (Lipinski definition) is 1. The highest BCUT2D eigenvalue weighted by molar-refractivity contribution is 6.31. The molecule has 0 aliphatic carbocycles. The Hall–Kier alpha value is -1.06. The summed E-state index contributed by atoms with van der Waals surface area (Å²) in [5, 5.41) is 13.3. The fourth-order valence-corrected chi connectivity index (χ4v) is 5.85. The Morgan fingerprint density at radius 2 is 1.41 bits per heavy atom. The molecule has 2 aromatic rings. The van der Waals surface area contributed by atoms with Gasteiger partial charge < -0.3 is 9.59 Å². The van der Waals surface area contributed by atoms with Crippen LogP contribution < -0.4 is 0 Å². The summed E-state index contributed by atoms with van der Waals surface area (Å²) >= 11 is 12.5. The van der Waals surface area contributed by atoms with Crippen molar-refractivity contribution < 1.29 is 9.59 Å². The van der Waals surface area contributed by atoms with Crippen LogP contribution in [0.5, 0.6) is 0 Å². The predicted molar refractivity (Wildman–Crippen MR) is 112 cm³/mol. The van der Waals surface area contributed by atoms with Crippen LogP contribution in [0.3, 0.4) is 0 Å². The van der Waals surface area contributed by atoms with Crippen molar-refractivity contribution in [1.29, 1.82) is 0 Å². The van der Waals surface area contributed by atoms with Crippen molar-refractivity contribution in [2.75, 3.05) is 14.1 Å². The molecule has 2 aromatic carbocycles. The van der Waals surface area contributed by atoms with E-state index >= 15 is 0 Å². The van der Waals surface area contributed by atoms with Crippen LogP contribution in [-0.2, 0) is 5.60 Å². The third-order valence-electron chi connectivity index (χ3n) is 7.11. The summed E-state index contributed by atoms with van der Waals surface area (Å²) in [6.45, 7) is 0. The molecule has 2 nitrogen and oxygen atoms in total. The first-order valence-corrected chi connectivity index (χ1v) is 10.6. The molecule has 0 spiro atoms. The van der Waals surface area contributed by atoms with Crippen molar-refractivity contribution in [3.05, 3.63) is 69.7 Å². The van der Waals surface area contributed by atoms with Gasteiger partial charge in [0.2, 0.25) is 0 Å². The monoisotopic (exact) mass is 404 g/mol. The van der Waals surface area contributed by atoms with Gasteiger partial charge in [0.25, 0.3) is 0 Å². The van der Waals surface area contributed by atoms with Crippen molar-refractivity contribution in [3.8, 4) is 0 Å². The molecule has 2 aliphatic rings. The van der Waals surface area contributed by atoms with Crippen molar-refractivity contribution in [2.45, 2.75) is 49.8 Å². The van der Waals surface area contributed by atoms with Crippen LogP contribution >= 0.6 is 23.2 Å².